The Morgan fingerprint density at radius 3 is 2.47 bits per heavy atom. The Kier molecular flexibility index (Phi) is 5.59. The van der Waals surface area contributed by atoms with Gasteiger partial charge in [-0.05, 0) is 31.9 Å². The highest BCUT2D eigenvalue weighted by Gasteiger charge is 2.22. The van der Waals surface area contributed by atoms with E-state index in [1.807, 2.05) is 36.1 Å². The maximum atomic E-state index is 12.4. The molecule has 0 spiro atoms. The summed E-state index contributed by atoms with van der Waals surface area (Å²) in [6.07, 6.45) is 4.76. The predicted octanol–water partition coefficient (Wildman–Crippen LogP) is 4.22. The van der Waals surface area contributed by atoms with Crippen molar-refractivity contribution in [3.05, 3.63) is 29.3 Å². The lowest BCUT2D eigenvalue weighted by molar-refractivity contribution is -0.130. The molecule has 1 aliphatic rings. The zero-order valence-corrected chi connectivity index (χ0v) is 12.8. The Labute approximate surface area is 124 Å². The molecule has 4 heteroatoms. The molecule has 1 fully saturated rings. The van der Waals surface area contributed by atoms with E-state index < -0.39 is 0 Å². The van der Waals surface area contributed by atoms with Crippen molar-refractivity contribution in [3.8, 4) is 0 Å². The van der Waals surface area contributed by atoms with Gasteiger partial charge in [-0.1, -0.05) is 36.6 Å². The number of benzene rings is 1. The average molecular weight is 298 g/mol. The van der Waals surface area contributed by atoms with Crippen LogP contribution in [0.3, 0.4) is 0 Å². The van der Waals surface area contributed by atoms with E-state index >= 15 is 0 Å². The van der Waals surface area contributed by atoms with E-state index in [9.17, 15) is 4.79 Å². The smallest absolute Gasteiger partial charge is 0.235 e. The number of nitrogens with zero attached hydrogens (tertiary/aromatic N) is 1. The molecule has 1 atom stereocenters. The number of hydrogen-bond acceptors (Lipinski definition) is 2. The second-order valence-electron chi connectivity index (χ2n) is 4.93. The zero-order valence-electron chi connectivity index (χ0n) is 11.3. The highest BCUT2D eigenvalue weighted by Crippen LogP contribution is 2.31. The minimum atomic E-state index is -0.0713. The highest BCUT2D eigenvalue weighted by atomic mass is 35.5. The lowest BCUT2D eigenvalue weighted by atomic mass is 10.2. The average Bonchev–Trinajstić information content (AvgIpc) is 2.69. The number of likely N-dealkylation sites (tertiary alicyclic amines) is 1. The van der Waals surface area contributed by atoms with Crippen molar-refractivity contribution in [2.45, 2.75) is 42.8 Å². The second-order valence-corrected chi connectivity index (χ2v) is 6.72. The van der Waals surface area contributed by atoms with Gasteiger partial charge in [0.2, 0.25) is 5.91 Å². The van der Waals surface area contributed by atoms with E-state index in [-0.39, 0.29) is 11.2 Å². The molecule has 1 aromatic carbocycles. The summed E-state index contributed by atoms with van der Waals surface area (Å²) in [4.78, 5) is 15.4. The van der Waals surface area contributed by atoms with Crippen molar-refractivity contribution in [3.63, 3.8) is 0 Å². The molecule has 2 nitrogen and oxygen atoms in total. The minimum absolute atomic E-state index is 0.0713. The number of carbonyl (C=O) groups is 1. The molecule has 1 aromatic rings. The summed E-state index contributed by atoms with van der Waals surface area (Å²) in [7, 11) is 0. The Balaban J connectivity index is 1.97. The van der Waals surface area contributed by atoms with Crippen molar-refractivity contribution in [1.82, 2.24) is 4.90 Å². The van der Waals surface area contributed by atoms with Gasteiger partial charge in [-0.25, -0.2) is 0 Å². The van der Waals surface area contributed by atoms with Gasteiger partial charge < -0.3 is 4.90 Å². The van der Waals surface area contributed by atoms with Crippen molar-refractivity contribution in [1.29, 1.82) is 0 Å². The van der Waals surface area contributed by atoms with Crippen molar-refractivity contribution in [2.24, 2.45) is 0 Å². The van der Waals surface area contributed by atoms with E-state index in [4.69, 9.17) is 11.6 Å². The molecule has 1 unspecified atom stereocenters. The van der Waals surface area contributed by atoms with Gasteiger partial charge in [0.15, 0.2) is 0 Å². The van der Waals surface area contributed by atoms with Crippen LogP contribution in [0, 0.1) is 0 Å². The number of halogens is 1. The van der Waals surface area contributed by atoms with E-state index in [1.54, 1.807) is 11.8 Å². The van der Waals surface area contributed by atoms with Crippen LogP contribution in [-0.4, -0.2) is 29.1 Å². The number of carbonyl (C=O) groups excluding carboxylic acids is 1. The number of amides is 1. The molecule has 0 saturated carbocycles. The zero-order chi connectivity index (χ0) is 13.7. The van der Waals surface area contributed by atoms with Crippen LogP contribution in [0.2, 0.25) is 5.02 Å². The van der Waals surface area contributed by atoms with E-state index in [0.29, 0.717) is 0 Å². The fourth-order valence-corrected chi connectivity index (χ4v) is 3.57. The summed E-state index contributed by atoms with van der Waals surface area (Å²) in [6.45, 7) is 3.79. The summed E-state index contributed by atoms with van der Waals surface area (Å²) in [5, 5.41) is 0.654. The van der Waals surface area contributed by atoms with Crippen LogP contribution in [0.25, 0.3) is 0 Å². The number of rotatable bonds is 3. The SMILES string of the molecule is CC(Sc1ccccc1Cl)C(=O)N1CCCCCC1. The first kappa shape index (κ1) is 14.7. The molecular weight excluding hydrogens is 278 g/mol. The van der Waals surface area contributed by atoms with Crippen LogP contribution in [0.1, 0.15) is 32.6 Å². The van der Waals surface area contributed by atoms with Crippen molar-refractivity contribution >= 4 is 29.3 Å². The monoisotopic (exact) mass is 297 g/mol. The summed E-state index contributed by atoms with van der Waals surface area (Å²) < 4.78 is 0. The Morgan fingerprint density at radius 1 is 1.21 bits per heavy atom. The van der Waals surface area contributed by atoms with Gasteiger partial charge in [0.25, 0.3) is 0 Å². The number of thioether (sulfide) groups is 1. The predicted molar refractivity (Wildman–Crippen MR) is 81.8 cm³/mol. The van der Waals surface area contributed by atoms with Crippen molar-refractivity contribution < 1.29 is 4.79 Å². The standard InChI is InChI=1S/C15H20ClNOS/c1-12(19-14-9-5-4-8-13(14)16)15(18)17-10-6-2-3-7-11-17/h4-5,8-9,12H,2-3,6-7,10-11H2,1H3. The summed E-state index contributed by atoms with van der Waals surface area (Å²) in [5.41, 5.74) is 0. The summed E-state index contributed by atoms with van der Waals surface area (Å²) >= 11 is 7.69. The van der Waals surface area contributed by atoms with E-state index in [0.717, 1.165) is 35.8 Å². The normalized spacial score (nSPS) is 17.9. The van der Waals surface area contributed by atoms with Crippen LogP contribution >= 0.6 is 23.4 Å². The quantitative estimate of drug-likeness (QED) is 0.779. The maximum Gasteiger partial charge on any atom is 0.235 e. The molecule has 1 aliphatic heterocycles. The summed E-state index contributed by atoms with van der Waals surface area (Å²) in [5.74, 6) is 0.242. The Bertz CT molecular complexity index is 430. The lowest BCUT2D eigenvalue weighted by Crippen LogP contribution is -2.37. The van der Waals surface area contributed by atoms with Crippen LogP contribution < -0.4 is 0 Å². The largest absolute Gasteiger partial charge is 0.342 e. The van der Waals surface area contributed by atoms with Crippen LogP contribution in [0.4, 0.5) is 0 Å². The molecule has 19 heavy (non-hydrogen) atoms. The highest BCUT2D eigenvalue weighted by molar-refractivity contribution is 8.00. The molecule has 0 bridgehead atoms. The Hall–Kier alpha value is -0.670. The second kappa shape index (κ2) is 7.20. The van der Waals surface area contributed by atoms with Gasteiger partial charge in [0.1, 0.15) is 0 Å². The van der Waals surface area contributed by atoms with Crippen LogP contribution in [-0.2, 0) is 4.79 Å². The molecule has 1 heterocycles. The van der Waals surface area contributed by atoms with Crippen LogP contribution in [0.5, 0.6) is 0 Å². The van der Waals surface area contributed by atoms with Gasteiger partial charge in [-0.2, -0.15) is 0 Å². The molecule has 1 saturated heterocycles. The summed E-state index contributed by atoms with van der Waals surface area (Å²) in [6, 6.07) is 7.71. The van der Waals surface area contributed by atoms with E-state index in [2.05, 4.69) is 0 Å². The number of hydrogen-bond donors (Lipinski definition) is 0. The van der Waals surface area contributed by atoms with Gasteiger partial charge in [-0.3, -0.25) is 4.79 Å². The molecular formula is C15H20ClNOS. The van der Waals surface area contributed by atoms with Gasteiger partial charge in [-0.15, -0.1) is 11.8 Å². The fraction of sp³-hybridized carbons (Fsp3) is 0.533. The molecule has 0 aromatic heterocycles. The van der Waals surface area contributed by atoms with Gasteiger partial charge in [0, 0.05) is 18.0 Å². The molecule has 0 radical (unpaired) electrons. The first-order chi connectivity index (χ1) is 9.18. The Morgan fingerprint density at radius 2 is 1.84 bits per heavy atom. The van der Waals surface area contributed by atoms with Gasteiger partial charge >= 0.3 is 0 Å². The van der Waals surface area contributed by atoms with Crippen LogP contribution in [0.15, 0.2) is 29.2 Å². The molecule has 0 aliphatic carbocycles. The first-order valence-corrected chi connectivity index (χ1v) is 8.14. The first-order valence-electron chi connectivity index (χ1n) is 6.88. The van der Waals surface area contributed by atoms with Crippen molar-refractivity contribution in [2.75, 3.05) is 13.1 Å². The maximum absolute atomic E-state index is 12.4. The topological polar surface area (TPSA) is 20.3 Å². The molecule has 0 N–H and O–H groups in total. The fourth-order valence-electron chi connectivity index (χ4n) is 2.33. The molecule has 1 amide bonds. The lowest BCUT2D eigenvalue weighted by Gasteiger charge is -2.24. The van der Waals surface area contributed by atoms with E-state index in [1.165, 1.54) is 12.8 Å². The van der Waals surface area contributed by atoms with Gasteiger partial charge in [0.05, 0.1) is 10.3 Å². The molecule has 2 rings (SSSR count). The third-order valence-electron chi connectivity index (χ3n) is 3.41. The minimum Gasteiger partial charge on any atom is -0.342 e. The third kappa shape index (κ3) is 4.15. The molecule has 104 valence electrons. The third-order valence-corrected chi connectivity index (χ3v) is 5.01.